The minimum Gasteiger partial charge on any atom is -0.486 e. The van der Waals surface area contributed by atoms with Gasteiger partial charge in [0, 0.05) is 31.0 Å². The normalized spacial score (nSPS) is 17.0. The van der Waals surface area contributed by atoms with Crippen molar-refractivity contribution in [1.29, 1.82) is 0 Å². The zero-order chi connectivity index (χ0) is 17.9. The lowest BCUT2D eigenvalue weighted by Crippen LogP contribution is -2.34. The Hall–Kier alpha value is -2.83. The van der Waals surface area contributed by atoms with Crippen molar-refractivity contribution in [2.45, 2.75) is 19.8 Å². The summed E-state index contributed by atoms with van der Waals surface area (Å²) in [5.74, 6) is 2.41. The maximum absolute atomic E-state index is 12.6. The molecule has 2 aliphatic heterocycles. The van der Waals surface area contributed by atoms with E-state index in [0.29, 0.717) is 42.0 Å². The van der Waals surface area contributed by atoms with Crippen molar-refractivity contribution in [3.8, 4) is 11.5 Å². The molecule has 1 fully saturated rings. The first-order chi connectivity index (χ1) is 12.7. The summed E-state index contributed by atoms with van der Waals surface area (Å²) < 4.78 is 11.0. The number of carbonyl (C=O) groups excluding carboxylic acids is 1. The maximum atomic E-state index is 12.6. The molecule has 136 valence electrons. The molecule has 2 aromatic rings. The second-order valence-corrected chi connectivity index (χ2v) is 6.72. The van der Waals surface area contributed by atoms with E-state index in [4.69, 9.17) is 9.47 Å². The fraction of sp³-hybridized carbons (Fsp3) is 0.421. The van der Waals surface area contributed by atoms with E-state index in [1.54, 1.807) is 30.5 Å². The quantitative estimate of drug-likeness (QED) is 0.913. The maximum Gasteiger partial charge on any atom is 0.274 e. The van der Waals surface area contributed by atoms with Gasteiger partial charge in [-0.25, -0.2) is 9.97 Å². The third-order valence-corrected chi connectivity index (χ3v) is 4.74. The van der Waals surface area contributed by atoms with Crippen LogP contribution in [-0.4, -0.2) is 42.2 Å². The van der Waals surface area contributed by atoms with Gasteiger partial charge in [-0.2, -0.15) is 0 Å². The van der Waals surface area contributed by atoms with E-state index >= 15 is 0 Å². The molecule has 1 aromatic heterocycles. The second kappa shape index (κ2) is 7.19. The van der Waals surface area contributed by atoms with Crippen LogP contribution in [0.5, 0.6) is 11.5 Å². The smallest absolute Gasteiger partial charge is 0.274 e. The largest absolute Gasteiger partial charge is 0.486 e. The summed E-state index contributed by atoms with van der Waals surface area (Å²) >= 11 is 0. The number of nitrogens with one attached hydrogen (secondary N) is 1. The number of ether oxygens (including phenoxy) is 2. The third-order valence-electron chi connectivity index (χ3n) is 4.74. The number of fused-ring (bicyclic) bond motifs is 1. The Bertz CT molecular complexity index is 803. The highest BCUT2D eigenvalue weighted by Crippen LogP contribution is 2.32. The first kappa shape index (κ1) is 16.6. The van der Waals surface area contributed by atoms with Gasteiger partial charge in [-0.1, -0.05) is 6.92 Å². The van der Waals surface area contributed by atoms with Gasteiger partial charge >= 0.3 is 0 Å². The van der Waals surface area contributed by atoms with Gasteiger partial charge in [-0.05, 0) is 37.0 Å². The molecule has 1 amide bonds. The molecular weight excluding hydrogens is 332 g/mol. The van der Waals surface area contributed by atoms with Crippen LogP contribution in [0.4, 0.5) is 11.6 Å². The van der Waals surface area contributed by atoms with Crippen molar-refractivity contribution in [2.24, 2.45) is 5.92 Å². The number of benzene rings is 1. The van der Waals surface area contributed by atoms with Gasteiger partial charge in [0.15, 0.2) is 11.5 Å². The van der Waals surface area contributed by atoms with Crippen LogP contribution in [0.2, 0.25) is 0 Å². The summed E-state index contributed by atoms with van der Waals surface area (Å²) in [5, 5.41) is 2.86. The minimum atomic E-state index is -0.268. The average molecular weight is 354 g/mol. The van der Waals surface area contributed by atoms with Gasteiger partial charge in [0.25, 0.3) is 5.91 Å². The van der Waals surface area contributed by atoms with Crippen LogP contribution in [-0.2, 0) is 0 Å². The molecule has 7 heteroatoms. The molecule has 0 unspecified atom stereocenters. The summed E-state index contributed by atoms with van der Waals surface area (Å²) in [6.07, 6.45) is 3.88. The Morgan fingerprint density at radius 1 is 1.15 bits per heavy atom. The molecule has 1 N–H and O–H groups in total. The molecule has 0 saturated carbocycles. The molecule has 0 aliphatic carbocycles. The van der Waals surface area contributed by atoms with E-state index in [2.05, 4.69) is 27.1 Å². The second-order valence-electron chi connectivity index (χ2n) is 6.72. The van der Waals surface area contributed by atoms with Gasteiger partial charge < -0.3 is 19.7 Å². The number of nitrogens with zero attached hydrogens (tertiary/aromatic N) is 3. The zero-order valence-electron chi connectivity index (χ0n) is 14.8. The number of piperidine rings is 1. The van der Waals surface area contributed by atoms with E-state index in [1.807, 2.05) is 0 Å². The molecule has 4 rings (SSSR count). The zero-order valence-corrected chi connectivity index (χ0v) is 14.8. The summed E-state index contributed by atoms with van der Waals surface area (Å²) in [5.41, 5.74) is 0.995. The molecule has 0 spiro atoms. The first-order valence-corrected chi connectivity index (χ1v) is 8.98. The molecular formula is C19H22N4O3. The molecule has 26 heavy (non-hydrogen) atoms. The van der Waals surface area contributed by atoms with E-state index in [-0.39, 0.29) is 5.91 Å². The number of amides is 1. The highest BCUT2D eigenvalue weighted by molar-refractivity contribution is 6.03. The van der Waals surface area contributed by atoms with Crippen LogP contribution in [0.15, 0.2) is 30.5 Å². The number of anilines is 2. The molecule has 1 saturated heterocycles. The number of hydrogen-bond donors (Lipinski definition) is 1. The van der Waals surface area contributed by atoms with E-state index in [9.17, 15) is 4.79 Å². The molecule has 7 nitrogen and oxygen atoms in total. The van der Waals surface area contributed by atoms with Crippen LogP contribution in [0.25, 0.3) is 0 Å². The average Bonchev–Trinajstić information content (AvgIpc) is 2.68. The molecule has 3 heterocycles. The Kier molecular flexibility index (Phi) is 4.60. The molecule has 1 aromatic carbocycles. The summed E-state index contributed by atoms with van der Waals surface area (Å²) in [6, 6.07) is 6.98. The van der Waals surface area contributed by atoms with Crippen LogP contribution < -0.4 is 19.7 Å². The Morgan fingerprint density at radius 3 is 2.73 bits per heavy atom. The highest BCUT2D eigenvalue weighted by Gasteiger charge is 2.19. The van der Waals surface area contributed by atoms with Gasteiger partial charge in [-0.3, -0.25) is 4.79 Å². The fourth-order valence-corrected chi connectivity index (χ4v) is 3.15. The monoisotopic (exact) mass is 354 g/mol. The SMILES string of the molecule is CC1CCN(c2nccc(C(=O)Nc3ccc4c(c3)OCCO4)n2)CC1. The predicted molar refractivity (Wildman–Crippen MR) is 98.0 cm³/mol. The lowest BCUT2D eigenvalue weighted by molar-refractivity contribution is 0.102. The lowest BCUT2D eigenvalue weighted by atomic mass is 10.00. The fourth-order valence-electron chi connectivity index (χ4n) is 3.15. The van der Waals surface area contributed by atoms with Crippen LogP contribution >= 0.6 is 0 Å². The standard InChI is InChI=1S/C19H22N4O3/c1-13-5-8-23(9-6-13)19-20-7-4-15(22-19)18(24)21-14-2-3-16-17(12-14)26-11-10-25-16/h2-4,7,12-13H,5-6,8-11H2,1H3,(H,21,24). The van der Waals surface area contributed by atoms with E-state index in [0.717, 1.165) is 31.8 Å². The first-order valence-electron chi connectivity index (χ1n) is 8.98. The summed E-state index contributed by atoms with van der Waals surface area (Å²) in [4.78, 5) is 23.5. The number of carbonyl (C=O) groups is 1. The lowest BCUT2D eigenvalue weighted by Gasteiger charge is -2.30. The summed E-state index contributed by atoms with van der Waals surface area (Å²) in [6.45, 7) is 5.16. The topological polar surface area (TPSA) is 76.6 Å². The molecule has 0 atom stereocenters. The molecule has 0 radical (unpaired) electrons. The van der Waals surface area contributed by atoms with E-state index < -0.39 is 0 Å². The van der Waals surface area contributed by atoms with Crippen LogP contribution in [0, 0.1) is 5.92 Å². The van der Waals surface area contributed by atoms with E-state index in [1.165, 1.54) is 0 Å². The highest BCUT2D eigenvalue weighted by atomic mass is 16.6. The van der Waals surface area contributed by atoms with Crippen molar-refractivity contribution in [3.63, 3.8) is 0 Å². The van der Waals surface area contributed by atoms with Crippen molar-refractivity contribution < 1.29 is 14.3 Å². The number of hydrogen-bond acceptors (Lipinski definition) is 6. The minimum absolute atomic E-state index is 0.268. The Morgan fingerprint density at radius 2 is 1.92 bits per heavy atom. The van der Waals surface area contributed by atoms with Crippen molar-refractivity contribution in [2.75, 3.05) is 36.5 Å². The van der Waals surface area contributed by atoms with Gasteiger partial charge in [0.05, 0.1) is 0 Å². The summed E-state index contributed by atoms with van der Waals surface area (Å²) in [7, 11) is 0. The van der Waals surface area contributed by atoms with Crippen molar-refractivity contribution in [1.82, 2.24) is 9.97 Å². The number of rotatable bonds is 3. The number of aromatic nitrogens is 2. The van der Waals surface area contributed by atoms with Crippen molar-refractivity contribution >= 4 is 17.5 Å². The molecule has 2 aliphatic rings. The Labute approximate surface area is 152 Å². The van der Waals surface area contributed by atoms with Gasteiger partial charge in [0.2, 0.25) is 5.95 Å². The van der Waals surface area contributed by atoms with Gasteiger partial charge in [-0.15, -0.1) is 0 Å². The van der Waals surface area contributed by atoms with Crippen molar-refractivity contribution in [3.05, 3.63) is 36.2 Å². The Balaban J connectivity index is 1.47. The van der Waals surface area contributed by atoms with Crippen LogP contribution in [0.1, 0.15) is 30.3 Å². The van der Waals surface area contributed by atoms with Crippen LogP contribution in [0.3, 0.4) is 0 Å². The molecule has 0 bridgehead atoms. The van der Waals surface area contributed by atoms with Gasteiger partial charge in [0.1, 0.15) is 18.9 Å². The third kappa shape index (κ3) is 3.56. The predicted octanol–water partition coefficient (Wildman–Crippen LogP) is 2.74.